The molecule has 138 valence electrons. The topological polar surface area (TPSA) is 43.8 Å². The quantitative estimate of drug-likeness (QED) is 0.860. The molecule has 0 unspecified atom stereocenters. The van der Waals surface area contributed by atoms with Crippen LogP contribution in [0.5, 0.6) is 0 Å². The Morgan fingerprint density at radius 1 is 1.08 bits per heavy atom. The van der Waals surface area contributed by atoms with E-state index in [4.69, 9.17) is 0 Å². The van der Waals surface area contributed by atoms with E-state index in [-0.39, 0.29) is 12.5 Å². The molecule has 4 heteroatoms. The molecule has 3 rings (SSSR count). The molecule has 0 aromatic heterocycles. The van der Waals surface area contributed by atoms with E-state index in [9.17, 15) is 9.90 Å². The Bertz CT molecular complexity index is 549. The number of aliphatic hydroxyl groups excluding tert-OH is 1. The summed E-state index contributed by atoms with van der Waals surface area (Å²) in [5.41, 5.74) is 1.99. The third-order valence-corrected chi connectivity index (χ3v) is 5.68. The number of benzene rings is 1. The number of hydrogen-bond acceptors (Lipinski definition) is 3. The molecular formula is C21H32N2O2. The van der Waals surface area contributed by atoms with Crippen LogP contribution in [-0.2, 0) is 6.54 Å². The van der Waals surface area contributed by atoms with E-state index < -0.39 is 0 Å². The van der Waals surface area contributed by atoms with Gasteiger partial charge in [0.05, 0.1) is 6.61 Å². The van der Waals surface area contributed by atoms with E-state index in [0.29, 0.717) is 6.04 Å². The first kappa shape index (κ1) is 18.4. The highest BCUT2D eigenvalue weighted by Crippen LogP contribution is 2.24. The molecule has 0 bridgehead atoms. The van der Waals surface area contributed by atoms with Crippen molar-refractivity contribution >= 4 is 5.91 Å². The van der Waals surface area contributed by atoms with Crippen molar-refractivity contribution in [3.05, 3.63) is 35.4 Å². The average molecular weight is 344 g/mol. The van der Waals surface area contributed by atoms with E-state index in [0.717, 1.165) is 44.6 Å². The van der Waals surface area contributed by atoms with Gasteiger partial charge >= 0.3 is 0 Å². The minimum absolute atomic E-state index is 0.174. The first-order valence-corrected chi connectivity index (χ1v) is 10.0. The van der Waals surface area contributed by atoms with Crippen molar-refractivity contribution in [3.63, 3.8) is 0 Å². The molecule has 1 heterocycles. The van der Waals surface area contributed by atoms with E-state index in [2.05, 4.69) is 17.0 Å². The number of nitrogens with zero attached hydrogens (tertiary/aromatic N) is 2. The van der Waals surface area contributed by atoms with Crippen LogP contribution in [0.4, 0.5) is 0 Å². The van der Waals surface area contributed by atoms with Crippen molar-refractivity contribution in [2.45, 2.75) is 64.0 Å². The standard InChI is InChI=1S/C21H32N2O2/c24-15-14-23(20-10-3-1-4-11-20)17-18-8-7-9-19(16-18)21(25)22-12-5-2-6-13-22/h7-9,16,20,24H,1-6,10-15,17H2. The Morgan fingerprint density at radius 2 is 1.80 bits per heavy atom. The molecule has 0 atom stereocenters. The van der Waals surface area contributed by atoms with Gasteiger partial charge in [-0.2, -0.15) is 0 Å². The van der Waals surface area contributed by atoms with Crippen molar-refractivity contribution in [3.8, 4) is 0 Å². The molecule has 25 heavy (non-hydrogen) atoms. The summed E-state index contributed by atoms with van der Waals surface area (Å²) in [7, 11) is 0. The highest BCUT2D eigenvalue weighted by molar-refractivity contribution is 5.94. The first-order chi connectivity index (χ1) is 12.3. The Morgan fingerprint density at radius 3 is 2.52 bits per heavy atom. The van der Waals surface area contributed by atoms with Gasteiger partial charge in [0.2, 0.25) is 0 Å². The fourth-order valence-electron chi connectivity index (χ4n) is 4.28. The van der Waals surface area contributed by atoms with E-state index in [1.807, 2.05) is 17.0 Å². The van der Waals surface area contributed by atoms with Crippen LogP contribution >= 0.6 is 0 Å². The van der Waals surface area contributed by atoms with Crippen LogP contribution in [0, 0.1) is 0 Å². The van der Waals surface area contributed by atoms with Crippen molar-refractivity contribution in [2.75, 3.05) is 26.2 Å². The Kier molecular flexibility index (Phi) is 6.88. The molecule has 1 aromatic carbocycles. The van der Waals surface area contributed by atoms with Crippen LogP contribution in [-0.4, -0.2) is 53.1 Å². The van der Waals surface area contributed by atoms with Gasteiger partial charge in [0.15, 0.2) is 0 Å². The largest absolute Gasteiger partial charge is 0.395 e. The van der Waals surface area contributed by atoms with Crippen molar-refractivity contribution in [1.82, 2.24) is 9.80 Å². The van der Waals surface area contributed by atoms with Crippen molar-refractivity contribution in [2.24, 2.45) is 0 Å². The lowest BCUT2D eigenvalue weighted by Crippen LogP contribution is -2.38. The van der Waals surface area contributed by atoms with Gasteiger partial charge in [0.25, 0.3) is 5.91 Å². The molecule has 1 amide bonds. The van der Waals surface area contributed by atoms with Crippen molar-refractivity contribution < 1.29 is 9.90 Å². The normalized spacial score (nSPS) is 19.4. The van der Waals surface area contributed by atoms with Gasteiger partial charge in [-0.15, -0.1) is 0 Å². The summed E-state index contributed by atoms with van der Waals surface area (Å²) in [6, 6.07) is 8.69. The molecule has 2 fully saturated rings. The fraction of sp³-hybridized carbons (Fsp3) is 0.667. The van der Waals surface area contributed by atoms with Crippen LogP contribution in [0.1, 0.15) is 67.3 Å². The maximum Gasteiger partial charge on any atom is 0.253 e. The van der Waals surface area contributed by atoms with E-state index in [1.165, 1.54) is 44.1 Å². The lowest BCUT2D eigenvalue weighted by Gasteiger charge is -2.34. The summed E-state index contributed by atoms with van der Waals surface area (Å²) in [4.78, 5) is 17.1. The molecule has 1 N–H and O–H groups in total. The smallest absolute Gasteiger partial charge is 0.253 e. The number of rotatable bonds is 6. The number of carbonyl (C=O) groups excluding carboxylic acids is 1. The van der Waals surface area contributed by atoms with E-state index in [1.54, 1.807) is 0 Å². The minimum atomic E-state index is 0.174. The SMILES string of the molecule is O=C(c1cccc(CN(CCO)C2CCCCC2)c1)N1CCCCC1. The molecule has 1 aliphatic carbocycles. The Labute approximate surface area is 151 Å². The summed E-state index contributed by atoms with van der Waals surface area (Å²) in [6.07, 6.45) is 9.86. The van der Waals surface area contributed by atoms with Crippen LogP contribution < -0.4 is 0 Å². The van der Waals surface area contributed by atoms with Gasteiger partial charge in [-0.3, -0.25) is 9.69 Å². The monoisotopic (exact) mass is 344 g/mol. The molecule has 0 spiro atoms. The van der Waals surface area contributed by atoms with Gasteiger partial charge in [-0.25, -0.2) is 0 Å². The van der Waals surface area contributed by atoms with Gasteiger partial charge in [-0.1, -0.05) is 31.4 Å². The van der Waals surface area contributed by atoms with Crippen LogP contribution in [0.15, 0.2) is 24.3 Å². The number of carbonyl (C=O) groups is 1. The number of likely N-dealkylation sites (tertiary alicyclic amines) is 1. The summed E-state index contributed by atoms with van der Waals surface area (Å²) in [6.45, 7) is 3.52. The summed E-state index contributed by atoms with van der Waals surface area (Å²) in [5.74, 6) is 0.174. The second-order valence-electron chi connectivity index (χ2n) is 7.54. The summed E-state index contributed by atoms with van der Waals surface area (Å²) in [5, 5.41) is 9.46. The van der Waals surface area contributed by atoms with Gasteiger partial charge in [-0.05, 0) is 49.8 Å². The molecule has 1 saturated heterocycles. The molecular weight excluding hydrogens is 312 g/mol. The second kappa shape index (κ2) is 9.35. The third kappa shape index (κ3) is 5.05. The number of amides is 1. The molecule has 4 nitrogen and oxygen atoms in total. The van der Waals surface area contributed by atoms with E-state index >= 15 is 0 Å². The molecule has 2 aliphatic rings. The molecule has 1 saturated carbocycles. The highest BCUT2D eigenvalue weighted by Gasteiger charge is 2.22. The Balaban J connectivity index is 1.67. The minimum Gasteiger partial charge on any atom is -0.395 e. The van der Waals surface area contributed by atoms with Gasteiger partial charge < -0.3 is 10.0 Å². The maximum atomic E-state index is 12.7. The van der Waals surface area contributed by atoms with Crippen LogP contribution in [0.3, 0.4) is 0 Å². The molecule has 1 aromatic rings. The summed E-state index contributed by atoms with van der Waals surface area (Å²) < 4.78 is 0. The van der Waals surface area contributed by atoms with Gasteiger partial charge in [0, 0.05) is 37.8 Å². The highest BCUT2D eigenvalue weighted by atomic mass is 16.3. The zero-order chi connectivity index (χ0) is 17.5. The van der Waals surface area contributed by atoms with Crippen LogP contribution in [0.2, 0.25) is 0 Å². The zero-order valence-electron chi connectivity index (χ0n) is 15.3. The maximum absolute atomic E-state index is 12.7. The van der Waals surface area contributed by atoms with Crippen molar-refractivity contribution in [1.29, 1.82) is 0 Å². The first-order valence-electron chi connectivity index (χ1n) is 10.0. The lowest BCUT2D eigenvalue weighted by atomic mass is 9.93. The fourth-order valence-corrected chi connectivity index (χ4v) is 4.28. The predicted octanol–water partition coefficient (Wildman–Crippen LogP) is 3.44. The number of aliphatic hydroxyl groups is 1. The predicted molar refractivity (Wildman–Crippen MR) is 101 cm³/mol. The van der Waals surface area contributed by atoms with Gasteiger partial charge in [0.1, 0.15) is 0 Å². The number of piperidine rings is 1. The van der Waals surface area contributed by atoms with Crippen LogP contribution in [0.25, 0.3) is 0 Å². The summed E-state index contributed by atoms with van der Waals surface area (Å²) >= 11 is 0. The molecule has 1 aliphatic heterocycles. The average Bonchev–Trinajstić information content (AvgIpc) is 2.69. The lowest BCUT2D eigenvalue weighted by molar-refractivity contribution is 0.0724. The molecule has 0 radical (unpaired) electrons. The third-order valence-electron chi connectivity index (χ3n) is 5.68. The zero-order valence-corrected chi connectivity index (χ0v) is 15.3. The second-order valence-corrected chi connectivity index (χ2v) is 7.54. The Hall–Kier alpha value is -1.39. The number of hydrogen-bond donors (Lipinski definition) is 1.